The summed E-state index contributed by atoms with van der Waals surface area (Å²) in [5.74, 6) is -1.25. The van der Waals surface area contributed by atoms with Crippen molar-refractivity contribution >= 4 is 48.7 Å². The molecule has 0 unspecified atom stereocenters. The number of thiazole rings is 1. The molecule has 232 valence electrons. The number of rotatable bonds is 11. The van der Waals surface area contributed by atoms with Crippen LogP contribution in [0.15, 0.2) is 5.38 Å². The number of carbonyl (C=O) groups is 4. The highest BCUT2D eigenvalue weighted by Crippen LogP contribution is 2.36. The molecule has 3 amide bonds. The summed E-state index contributed by atoms with van der Waals surface area (Å²) in [6, 6.07) is -0.944. The van der Waals surface area contributed by atoms with Gasteiger partial charge in [-0.2, -0.15) is 0 Å². The molecule has 1 atom stereocenters. The SMILES string of the molecule is COC(=O)[C@H](CO[Si](C)(C)C(C)(C)C)NC(=O)c1csc(N2CCC(C(=O)NCCNC(=O)OC(C)(C)C)CC2)n1. The van der Waals surface area contributed by atoms with E-state index in [1.54, 1.807) is 26.2 Å². The van der Waals surface area contributed by atoms with E-state index in [0.29, 0.717) is 37.6 Å². The number of hydrogen-bond donors (Lipinski definition) is 3. The third kappa shape index (κ3) is 10.9. The van der Waals surface area contributed by atoms with Gasteiger partial charge < -0.3 is 34.8 Å². The van der Waals surface area contributed by atoms with Gasteiger partial charge in [-0.3, -0.25) is 9.59 Å². The molecule has 41 heavy (non-hydrogen) atoms. The topological polar surface area (TPSA) is 148 Å². The van der Waals surface area contributed by atoms with E-state index < -0.39 is 37.9 Å². The standard InChI is InChI=1S/C27H47N5O7SSi/c1-26(2,3)39-25(36)29-13-12-28-21(33)18-10-14-32(15-11-18)24-31-20(17-40-24)22(34)30-19(23(35)37-7)16-38-41(8,9)27(4,5)6/h17-19H,10-16H2,1-9H3,(H,28,33)(H,29,36)(H,30,34)/t19-/m0/s1. The zero-order valence-corrected chi connectivity index (χ0v) is 27.7. The van der Waals surface area contributed by atoms with Gasteiger partial charge in [0.1, 0.15) is 17.3 Å². The molecule has 1 aliphatic rings. The summed E-state index contributed by atoms with van der Waals surface area (Å²) in [6.07, 6.45) is 0.764. The van der Waals surface area contributed by atoms with Gasteiger partial charge in [-0.05, 0) is 51.7 Å². The number of nitrogens with zero attached hydrogens (tertiary/aromatic N) is 2. The van der Waals surface area contributed by atoms with Crippen LogP contribution in [0.5, 0.6) is 0 Å². The number of piperidine rings is 1. The summed E-state index contributed by atoms with van der Waals surface area (Å²) in [5.41, 5.74) is -0.363. The lowest BCUT2D eigenvalue weighted by Gasteiger charge is -2.37. The van der Waals surface area contributed by atoms with Gasteiger partial charge in [0.2, 0.25) is 5.91 Å². The average Bonchev–Trinajstić information content (AvgIpc) is 3.37. The van der Waals surface area contributed by atoms with Gasteiger partial charge in [0.25, 0.3) is 5.91 Å². The van der Waals surface area contributed by atoms with Crippen molar-refractivity contribution in [1.29, 1.82) is 0 Å². The first kappa shape index (κ1) is 34.5. The van der Waals surface area contributed by atoms with Crippen molar-refractivity contribution in [2.75, 3.05) is 44.8 Å². The second-order valence-corrected chi connectivity index (χ2v) is 18.3. The first-order valence-electron chi connectivity index (χ1n) is 13.9. The number of aromatic nitrogens is 1. The number of anilines is 1. The Kier molecular flexibility index (Phi) is 12.2. The lowest BCUT2D eigenvalue weighted by molar-refractivity contribution is -0.143. The van der Waals surface area contributed by atoms with Crippen molar-refractivity contribution in [3.05, 3.63) is 11.1 Å². The molecule has 2 rings (SSSR count). The Morgan fingerprint density at radius 2 is 1.68 bits per heavy atom. The van der Waals surface area contributed by atoms with Gasteiger partial charge in [-0.25, -0.2) is 14.6 Å². The van der Waals surface area contributed by atoms with Crippen molar-refractivity contribution in [1.82, 2.24) is 20.9 Å². The molecule has 0 aromatic carbocycles. The van der Waals surface area contributed by atoms with Crippen LogP contribution < -0.4 is 20.9 Å². The van der Waals surface area contributed by atoms with Crippen LogP contribution in [0, 0.1) is 5.92 Å². The molecule has 14 heteroatoms. The smallest absolute Gasteiger partial charge is 0.407 e. The fourth-order valence-electron chi connectivity index (χ4n) is 3.71. The molecule has 0 radical (unpaired) electrons. The minimum absolute atomic E-state index is 0.0263. The molecule has 0 spiro atoms. The molecular formula is C27H47N5O7SSi. The number of amides is 3. The van der Waals surface area contributed by atoms with Gasteiger partial charge in [-0.15, -0.1) is 11.3 Å². The Bertz CT molecular complexity index is 1060. The van der Waals surface area contributed by atoms with Gasteiger partial charge in [0.15, 0.2) is 13.4 Å². The molecule has 3 N–H and O–H groups in total. The molecule has 0 saturated carbocycles. The molecular weight excluding hydrogens is 566 g/mol. The van der Waals surface area contributed by atoms with Crippen LogP contribution in [0.1, 0.15) is 64.9 Å². The van der Waals surface area contributed by atoms with Crippen LogP contribution in [0.3, 0.4) is 0 Å². The number of carbonyl (C=O) groups excluding carboxylic acids is 4. The van der Waals surface area contributed by atoms with Crippen LogP contribution in [-0.2, 0) is 23.5 Å². The van der Waals surface area contributed by atoms with Crippen molar-refractivity contribution in [2.45, 2.75) is 84.2 Å². The Hall–Kier alpha value is -2.71. The highest BCUT2D eigenvalue weighted by atomic mass is 32.1. The summed E-state index contributed by atoms with van der Waals surface area (Å²) < 4.78 is 16.2. The van der Waals surface area contributed by atoms with Crippen LogP contribution >= 0.6 is 11.3 Å². The third-order valence-electron chi connectivity index (χ3n) is 7.16. The molecule has 1 aromatic heterocycles. The molecule has 12 nitrogen and oxygen atoms in total. The lowest BCUT2D eigenvalue weighted by atomic mass is 9.96. The maximum atomic E-state index is 12.9. The minimum atomic E-state index is -2.14. The maximum absolute atomic E-state index is 12.9. The number of alkyl carbamates (subject to hydrolysis) is 1. The average molecular weight is 614 g/mol. The summed E-state index contributed by atoms with van der Waals surface area (Å²) >= 11 is 1.34. The fraction of sp³-hybridized carbons (Fsp3) is 0.741. The number of ether oxygens (including phenoxy) is 2. The van der Waals surface area contributed by atoms with Crippen LogP contribution in [0.2, 0.25) is 18.1 Å². The van der Waals surface area contributed by atoms with Gasteiger partial charge in [0.05, 0.1) is 13.7 Å². The van der Waals surface area contributed by atoms with Gasteiger partial charge >= 0.3 is 12.1 Å². The van der Waals surface area contributed by atoms with Crippen LogP contribution in [0.25, 0.3) is 0 Å². The lowest BCUT2D eigenvalue weighted by Crippen LogP contribution is -2.49. The molecule has 1 aliphatic heterocycles. The van der Waals surface area contributed by atoms with E-state index in [4.69, 9.17) is 13.9 Å². The molecule has 1 fully saturated rings. The van der Waals surface area contributed by atoms with E-state index in [1.165, 1.54) is 18.4 Å². The highest BCUT2D eigenvalue weighted by molar-refractivity contribution is 7.13. The summed E-state index contributed by atoms with van der Waals surface area (Å²) in [4.78, 5) is 56.1. The monoisotopic (exact) mass is 613 g/mol. The van der Waals surface area contributed by atoms with Crippen LogP contribution in [0.4, 0.5) is 9.93 Å². The predicted molar refractivity (Wildman–Crippen MR) is 161 cm³/mol. The van der Waals surface area contributed by atoms with E-state index in [0.717, 1.165) is 0 Å². The number of nitrogens with one attached hydrogen (secondary N) is 3. The minimum Gasteiger partial charge on any atom is -0.467 e. The quantitative estimate of drug-likeness (QED) is 0.194. The zero-order chi connectivity index (χ0) is 31.0. The van der Waals surface area contributed by atoms with Gasteiger partial charge in [-0.1, -0.05) is 20.8 Å². The Morgan fingerprint density at radius 3 is 2.24 bits per heavy atom. The van der Waals surface area contributed by atoms with E-state index in [-0.39, 0.29) is 35.7 Å². The maximum Gasteiger partial charge on any atom is 0.407 e. The Balaban J connectivity index is 1.84. The zero-order valence-electron chi connectivity index (χ0n) is 25.8. The largest absolute Gasteiger partial charge is 0.467 e. The molecule has 1 saturated heterocycles. The first-order valence-corrected chi connectivity index (χ1v) is 17.7. The molecule has 1 aromatic rings. The Morgan fingerprint density at radius 1 is 1.07 bits per heavy atom. The van der Waals surface area contributed by atoms with Crippen LogP contribution in [-0.4, -0.2) is 88.7 Å². The molecule has 2 heterocycles. The van der Waals surface area contributed by atoms with Gasteiger partial charge in [0, 0.05) is 37.5 Å². The van der Waals surface area contributed by atoms with Crippen molar-refractivity contribution < 1.29 is 33.1 Å². The normalized spacial score (nSPS) is 15.6. The van der Waals surface area contributed by atoms with Crippen molar-refractivity contribution in [3.8, 4) is 0 Å². The summed E-state index contributed by atoms with van der Waals surface area (Å²) in [7, 11) is -0.863. The number of esters is 1. The number of hydrogen-bond acceptors (Lipinski definition) is 10. The van der Waals surface area contributed by atoms with Crippen molar-refractivity contribution in [3.63, 3.8) is 0 Å². The van der Waals surface area contributed by atoms with E-state index in [1.807, 2.05) is 4.90 Å². The summed E-state index contributed by atoms with van der Waals surface area (Å²) in [6.45, 7) is 17.7. The van der Waals surface area contributed by atoms with Crippen molar-refractivity contribution in [2.24, 2.45) is 5.92 Å². The second kappa shape index (κ2) is 14.5. The fourth-order valence-corrected chi connectivity index (χ4v) is 5.58. The first-order chi connectivity index (χ1) is 18.9. The molecule has 0 aliphatic carbocycles. The summed E-state index contributed by atoms with van der Waals surface area (Å²) in [5, 5.41) is 10.5. The van der Waals surface area contributed by atoms with E-state index in [2.05, 4.69) is 54.8 Å². The third-order valence-corrected chi connectivity index (χ3v) is 12.6. The predicted octanol–water partition coefficient (Wildman–Crippen LogP) is 3.29. The highest BCUT2D eigenvalue weighted by Gasteiger charge is 2.38. The Labute approximate surface area is 248 Å². The second-order valence-electron chi connectivity index (χ2n) is 12.6. The van der Waals surface area contributed by atoms with E-state index in [9.17, 15) is 19.2 Å². The number of methoxy groups -OCH3 is 1. The van der Waals surface area contributed by atoms with E-state index >= 15 is 0 Å². The molecule has 0 bridgehead atoms.